The van der Waals surface area contributed by atoms with Crippen LogP contribution in [0.2, 0.25) is 5.15 Å². The SMILES string of the molecule is CN(CC12CC3CC(CC(C3)C1)C2)C(=O)NCc1ccc(Cl)nc1. The molecule has 0 aliphatic heterocycles. The fraction of sp³-hybridized carbons (Fsp3) is 0.684. The molecule has 0 atom stereocenters. The van der Waals surface area contributed by atoms with Crippen molar-refractivity contribution in [1.82, 2.24) is 15.2 Å². The largest absolute Gasteiger partial charge is 0.334 e. The second-order valence-electron chi connectivity index (χ2n) is 8.42. The monoisotopic (exact) mass is 347 g/mol. The van der Waals surface area contributed by atoms with E-state index in [-0.39, 0.29) is 6.03 Å². The summed E-state index contributed by atoms with van der Waals surface area (Å²) in [6.07, 6.45) is 10.0. The zero-order valence-corrected chi connectivity index (χ0v) is 15.1. The van der Waals surface area contributed by atoms with Crippen LogP contribution in [0.25, 0.3) is 0 Å². The minimum Gasteiger partial charge on any atom is -0.334 e. The molecule has 1 N–H and O–H groups in total. The van der Waals surface area contributed by atoms with Crippen LogP contribution in [0.3, 0.4) is 0 Å². The first-order valence-corrected chi connectivity index (χ1v) is 9.48. The zero-order chi connectivity index (χ0) is 16.7. The lowest BCUT2D eigenvalue weighted by Gasteiger charge is -2.57. The van der Waals surface area contributed by atoms with Gasteiger partial charge in [-0.3, -0.25) is 0 Å². The Labute approximate surface area is 149 Å². The summed E-state index contributed by atoms with van der Waals surface area (Å²) in [6, 6.07) is 3.66. The predicted octanol–water partition coefficient (Wildman–Crippen LogP) is 4.09. The van der Waals surface area contributed by atoms with Crippen LogP contribution in [0.4, 0.5) is 4.79 Å². The van der Waals surface area contributed by atoms with Gasteiger partial charge in [0.2, 0.25) is 0 Å². The third-order valence-corrected chi connectivity index (χ3v) is 6.54. The smallest absolute Gasteiger partial charge is 0.317 e. The van der Waals surface area contributed by atoms with E-state index in [1.807, 2.05) is 18.0 Å². The van der Waals surface area contributed by atoms with Crippen LogP contribution in [0, 0.1) is 23.2 Å². The summed E-state index contributed by atoms with van der Waals surface area (Å²) in [4.78, 5) is 18.4. The first-order chi connectivity index (χ1) is 11.5. The van der Waals surface area contributed by atoms with E-state index in [1.165, 1.54) is 38.5 Å². The van der Waals surface area contributed by atoms with Crippen molar-refractivity contribution in [2.45, 2.75) is 45.1 Å². The minimum atomic E-state index is 0.0145. The topological polar surface area (TPSA) is 45.2 Å². The molecule has 130 valence electrons. The highest BCUT2D eigenvalue weighted by Gasteiger charge is 2.51. The van der Waals surface area contributed by atoms with Gasteiger partial charge in [0.05, 0.1) is 0 Å². The highest BCUT2D eigenvalue weighted by atomic mass is 35.5. The van der Waals surface area contributed by atoms with Gasteiger partial charge in [0.15, 0.2) is 0 Å². The van der Waals surface area contributed by atoms with E-state index >= 15 is 0 Å². The fourth-order valence-corrected chi connectivity index (χ4v) is 5.99. The van der Waals surface area contributed by atoms with Crippen molar-refractivity contribution < 1.29 is 4.79 Å². The zero-order valence-electron chi connectivity index (χ0n) is 14.3. The van der Waals surface area contributed by atoms with Gasteiger partial charge in [0.1, 0.15) is 5.15 Å². The van der Waals surface area contributed by atoms with Crippen molar-refractivity contribution in [3.63, 3.8) is 0 Å². The van der Waals surface area contributed by atoms with Crippen LogP contribution < -0.4 is 5.32 Å². The van der Waals surface area contributed by atoms with Gasteiger partial charge in [-0.15, -0.1) is 0 Å². The lowest BCUT2D eigenvalue weighted by molar-refractivity contribution is -0.0616. The number of halogens is 1. The van der Waals surface area contributed by atoms with E-state index in [4.69, 9.17) is 11.6 Å². The maximum Gasteiger partial charge on any atom is 0.317 e. The van der Waals surface area contributed by atoms with E-state index in [0.29, 0.717) is 17.1 Å². The average molecular weight is 348 g/mol. The number of nitrogens with zero attached hydrogens (tertiary/aromatic N) is 2. The van der Waals surface area contributed by atoms with Gasteiger partial charge < -0.3 is 10.2 Å². The van der Waals surface area contributed by atoms with E-state index in [2.05, 4.69) is 10.3 Å². The van der Waals surface area contributed by atoms with Crippen LogP contribution in [-0.4, -0.2) is 29.5 Å². The predicted molar refractivity (Wildman–Crippen MR) is 94.7 cm³/mol. The first kappa shape index (κ1) is 16.2. The summed E-state index contributed by atoms with van der Waals surface area (Å²) in [7, 11) is 1.94. The van der Waals surface area contributed by atoms with Crippen molar-refractivity contribution in [1.29, 1.82) is 0 Å². The van der Waals surface area contributed by atoms with E-state index in [1.54, 1.807) is 12.3 Å². The number of hydrogen-bond acceptors (Lipinski definition) is 2. The number of carbonyl (C=O) groups is 1. The van der Waals surface area contributed by atoms with E-state index in [0.717, 1.165) is 29.9 Å². The third kappa shape index (κ3) is 3.26. The number of hydrogen-bond donors (Lipinski definition) is 1. The normalized spacial score (nSPS) is 33.5. The fourth-order valence-electron chi connectivity index (χ4n) is 5.88. The molecular weight excluding hydrogens is 322 g/mol. The molecule has 0 radical (unpaired) electrons. The molecule has 5 heteroatoms. The van der Waals surface area contributed by atoms with Crippen LogP contribution in [0.1, 0.15) is 44.1 Å². The molecule has 4 nitrogen and oxygen atoms in total. The quantitative estimate of drug-likeness (QED) is 0.834. The number of amides is 2. The lowest BCUT2D eigenvalue weighted by atomic mass is 9.49. The molecule has 4 bridgehead atoms. The Morgan fingerprint density at radius 1 is 1.25 bits per heavy atom. The van der Waals surface area contributed by atoms with Crippen LogP contribution >= 0.6 is 11.6 Å². The number of urea groups is 1. The molecule has 1 aromatic heterocycles. The molecular formula is C19H26ClN3O. The molecule has 5 rings (SSSR count). The van der Waals surface area contributed by atoms with Crippen molar-refractivity contribution in [3.05, 3.63) is 29.0 Å². The Morgan fingerprint density at radius 2 is 1.88 bits per heavy atom. The molecule has 4 fully saturated rings. The number of nitrogens with one attached hydrogen (secondary N) is 1. The van der Waals surface area contributed by atoms with E-state index < -0.39 is 0 Å². The maximum absolute atomic E-state index is 12.5. The summed E-state index contributed by atoms with van der Waals surface area (Å²) in [5.74, 6) is 2.77. The minimum absolute atomic E-state index is 0.0145. The van der Waals surface area contributed by atoms with Gasteiger partial charge >= 0.3 is 6.03 Å². The lowest BCUT2D eigenvalue weighted by Crippen LogP contribution is -2.52. The molecule has 4 aliphatic carbocycles. The Morgan fingerprint density at radius 3 is 2.42 bits per heavy atom. The molecule has 0 spiro atoms. The van der Waals surface area contributed by atoms with Gasteiger partial charge in [0, 0.05) is 26.3 Å². The molecule has 4 saturated carbocycles. The van der Waals surface area contributed by atoms with Crippen molar-refractivity contribution in [3.8, 4) is 0 Å². The molecule has 0 saturated heterocycles. The summed E-state index contributed by atoms with van der Waals surface area (Å²) in [6.45, 7) is 1.40. The summed E-state index contributed by atoms with van der Waals surface area (Å²) >= 11 is 5.79. The van der Waals surface area contributed by atoms with Gasteiger partial charge in [-0.05, 0) is 73.3 Å². The summed E-state index contributed by atoms with van der Waals surface area (Å²) < 4.78 is 0. The van der Waals surface area contributed by atoms with Gasteiger partial charge in [-0.25, -0.2) is 9.78 Å². The second kappa shape index (κ2) is 6.21. The average Bonchev–Trinajstić information content (AvgIpc) is 2.52. The second-order valence-corrected chi connectivity index (χ2v) is 8.81. The van der Waals surface area contributed by atoms with Crippen LogP contribution in [0.5, 0.6) is 0 Å². The molecule has 1 heterocycles. The standard InChI is InChI=1S/C19H26ClN3O/c1-23(18(24)22-11-13-2-3-17(20)21-10-13)12-19-7-14-4-15(8-19)6-16(5-14)9-19/h2-3,10,14-16H,4-9,11-12H2,1H3,(H,22,24). The Bertz CT molecular complexity index is 580. The molecule has 0 unspecified atom stereocenters. The van der Waals surface area contributed by atoms with Crippen molar-refractivity contribution >= 4 is 17.6 Å². The Kier molecular flexibility index (Phi) is 4.19. The molecule has 4 aliphatic rings. The molecule has 2 amide bonds. The summed E-state index contributed by atoms with van der Waals surface area (Å²) in [5.41, 5.74) is 1.36. The highest BCUT2D eigenvalue weighted by molar-refractivity contribution is 6.29. The summed E-state index contributed by atoms with van der Waals surface area (Å²) in [5, 5.41) is 3.48. The third-order valence-electron chi connectivity index (χ3n) is 6.32. The molecule has 24 heavy (non-hydrogen) atoms. The van der Waals surface area contributed by atoms with Crippen molar-refractivity contribution in [2.75, 3.05) is 13.6 Å². The molecule has 1 aromatic rings. The Balaban J connectivity index is 1.33. The maximum atomic E-state index is 12.5. The number of aromatic nitrogens is 1. The van der Waals surface area contributed by atoms with Crippen LogP contribution in [0.15, 0.2) is 18.3 Å². The van der Waals surface area contributed by atoms with Gasteiger partial charge in [0.25, 0.3) is 0 Å². The van der Waals surface area contributed by atoms with Crippen LogP contribution in [-0.2, 0) is 6.54 Å². The van der Waals surface area contributed by atoms with Gasteiger partial charge in [-0.1, -0.05) is 17.7 Å². The first-order valence-electron chi connectivity index (χ1n) is 9.11. The number of carbonyl (C=O) groups excluding carboxylic acids is 1. The van der Waals surface area contributed by atoms with Crippen molar-refractivity contribution in [2.24, 2.45) is 23.2 Å². The highest BCUT2D eigenvalue weighted by Crippen LogP contribution is 2.60. The number of rotatable bonds is 4. The number of pyridine rings is 1. The van der Waals surface area contributed by atoms with E-state index in [9.17, 15) is 4.79 Å². The van der Waals surface area contributed by atoms with Gasteiger partial charge in [-0.2, -0.15) is 0 Å². The molecule has 0 aromatic carbocycles. The Hall–Kier alpha value is -1.29.